The zero-order chi connectivity index (χ0) is 9.45. The molecule has 0 bridgehead atoms. The van der Waals surface area contributed by atoms with Crippen LogP contribution in [0, 0.1) is 0 Å². The molecule has 0 saturated carbocycles. The summed E-state index contributed by atoms with van der Waals surface area (Å²) in [6, 6.07) is 2.71. The van der Waals surface area contributed by atoms with E-state index in [4.69, 9.17) is 0 Å². The summed E-state index contributed by atoms with van der Waals surface area (Å²) in [6.07, 6.45) is 1.04. The molecule has 0 unspecified atom stereocenters. The Morgan fingerprint density at radius 1 is 1.33 bits per heavy atom. The van der Waals surface area contributed by atoms with Crippen molar-refractivity contribution in [3.8, 4) is 0 Å². The van der Waals surface area contributed by atoms with Gasteiger partial charge in [-0.2, -0.15) is 0 Å². The molecule has 0 aromatic heterocycles. The summed E-state index contributed by atoms with van der Waals surface area (Å²) in [5.41, 5.74) is -0.0491. The van der Waals surface area contributed by atoms with E-state index in [-0.39, 0.29) is 5.54 Å². The first-order chi connectivity index (χ1) is 5.56. The van der Waals surface area contributed by atoms with Crippen LogP contribution >= 0.6 is 0 Å². The highest BCUT2D eigenvalue weighted by atomic mass is 14.9. The molecule has 0 fully saturated rings. The first kappa shape index (κ1) is 11.3. The number of rotatable bonds is 4. The summed E-state index contributed by atoms with van der Waals surface area (Å²) >= 11 is 0. The Hall–Kier alpha value is -0.660. The van der Waals surface area contributed by atoms with Gasteiger partial charge < -0.3 is 5.32 Å². The molecule has 0 aliphatic heterocycles. The number of hydrogen-bond donors (Lipinski definition) is 1. The molecule has 0 saturated heterocycles. The van der Waals surface area contributed by atoms with E-state index in [2.05, 4.69) is 21.3 Å². The van der Waals surface area contributed by atoms with Gasteiger partial charge in [0.05, 0.1) is 18.1 Å². The third kappa shape index (κ3) is 9.34. The Bertz CT molecular complexity index is 161. The summed E-state index contributed by atoms with van der Waals surface area (Å²) in [5.74, 6) is 0. The molecule has 3 nitrogen and oxygen atoms in total. The van der Waals surface area contributed by atoms with Gasteiger partial charge in [-0.05, 0) is 40.8 Å². The maximum absolute atomic E-state index is 4.12. The van der Waals surface area contributed by atoms with Crippen molar-refractivity contribution in [3.63, 3.8) is 0 Å². The highest BCUT2D eigenvalue weighted by Crippen LogP contribution is 2.03. The normalized spacial score (nSPS) is 10.7. The molecule has 0 amide bonds. The number of nitrogens with zero attached hydrogens (tertiary/aromatic N) is 2. The molecular weight excluding hydrogens is 150 g/mol. The van der Waals surface area contributed by atoms with Crippen molar-refractivity contribution >= 4 is 6.01 Å². The highest BCUT2D eigenvalue weighted by Gasteiger charge is 2.03. The summed E-state index contributed by atoms with van der Waals surface area (Å²) in [4.78, 5) is 8.15. The molecule has 0 radical (unpaired) electrons. The summed E-state index contributed by atoms with van der Waals surface area (Å²) in [7, 11) is 1.94. The molecule has 0 aromatic rings. The van der Waals surface area contributed by atoms with Crippen LogP contribution in [-0.4, -0.2) is 31.7 Å². The smallest absolute Gasteiger partial charge is 0.0898 e. The van der Waals surface area contributed by atoms with Gasteiger partial charge in [0.2, 0.25) is 0 Å². The van der Waals surface area contributed by atoms with Crippen molar-refractivity contribution < 1.29 is 0 Å². The third-order valence-electron chi connectivity index (χ3n) is 1.15. The van der Waals surface area contributed by atoms with E-state index in [1.54, 1.807) is 0 Å². The van der Waals surface area contributed by atoms with Gasteiger partial charge in [0, 0.05) is 0 Å². The molecule has 0 aliphatic carbocycles. The lowest BCUT2D eigenvalue weighted by molar-refractivity contribution is 0.586. The van der Waals surface area contributed by atoms with E-state index in [0.717, 1.165) is 19.5 Å². The molecule has 0 aliphatic rings. The van der Waals surface area contributed by atoms with Crippen molar-refractivity contribution in [2.75, 3.05) is 20.1 Å². The Morgan fingerprint density at radius 3 is 2.50 bits per heavy atom. The molecule has 0 atom stereocenters. The van der Waals surface area contributed by atoms with Gasteiger partial charge in [-0.15, -0.1) is 0 Å². The van der Waals surface area contributed by atoms with Crippen LogP contribution in [-0.2, 0) is 0 Å². The minimum absolute atomic E-state index is 0.0491. The van der Waals surface area contributed by atoms with Crippen LogP contribution in [0.1, 0.15) is 27.2 Å². The Labute approximate surface area is 75.0 Å². The van der Waals surface area contributed by atoms with Crippen molar-refractivity contribution in [1.29, 1.82) is 0 Å². The minimum atomic E-state index is -0.0491. The highest BCUT2D eigenvalue weighted by molar-refractivity contribution is 5.42. The molecule has 0 rings (SSSR count). The second kappa shape index (κ2) is 5.92. The van der Waals surface area contributed by atoms with Crippen LogP contribution in [0.2, 0.25) is 0 Å². The molecule has 0 aromatic carbocycles. The van der Waals surface area contributed by atoms with Crippen molar-refractivity contribution in [1.82, 2.24) is 5.32 Å². The lowest BCUT2D eigenvalue weighted by atomic mass is 10.1. The van der Waals surface area contributed by atoms with Crippen molar-refractivity contribution in [2.24, 2.45) is 9.98 Å². The molecule has 1 N–H and O–H groups in total. The van der Waals surface area contributed by atoms with Gasteiger partial charge in [0.25, 0.3) is 0 Å². The van der Waals surface area contributed by atoms with Crippen molar-refractivity contribution in [3.05, 3.63) is 0 Å². The van der Waals surface area contributed by atoms with Gasteiger partial charge in [0.15, 0.2) is 0 Å². The number of hydrogen-bond acceptors (Lipinski definition) is 3. The van der Waals surface area contributed by atoms with Crippen LogP contribution < -0.4 is 5.32 Å². The lowest BCUT2D eigenvalue weighted by Crippen LogP contribution is -2.09. The van der Waals surface area contributed by atoms with Crippen LogP contribution in [0.5, 0.6) is 0 Å². The van der Waals surface area contributed by atoms with Crippen LogP contribution in [0.15, 0.2) is 9.98 Å². The SMILES string of the molecule is CNCCCN=C=NC(C)(C)C. The van der Waals surface area contributed by atoms with Gasteiger partial charge in [-0.3, -0.25) is 0 Å². The van der Waals surface area contributed by atoms with Crippen LogP contribution in [0.3, 0.4) is 0 Å². The fourth-order valence-electron chi connectivity index (χ4n) is 0.570. The third-order valence-corrected chi connectivity index (χ3v) is 1.15. The van der Waals surface area contributed by atoms with E-state index in [0.29, 0.717) is 0 Å². The fraction of sp³-hybridized carbons (Fsp3) is 0.889. The standard InChI is InChI=1S/C9H19N3/c1-9(2,3)12-8-11-7-5-6-10-4/h10H,5-7H2,1-4H3. The quantitative estimate of drug-likeness (QED) is 0.503. The number of nitrogens with one attached hydrogen (secondary N) is 1. The van der Waals surface area contributed by atoms with E-state index < -0.39 is 0 Å². The lowest BCUT2D eigenvalue weighted by Gasteiger charge is -2.06. The van der Waals surface area contributed by atoms with Crippen LogP contribution in [0.25, 0.3) is 0 Å². The zero-order valence-corrected chi connectivity index (χ0v) is 8.52. The topological polar surface area (TPSA) is 36.8 Å². The Kier molecular flexibility index (Phi) is 5.60. The molecular formula is C9H19N3. The fourth-order valence-corrected chi connectivity index (χ4v) is 0.570. The molecule has 12 heavy (non-hydrogen) atoms. The van der Waals surface area contributed by atoms with Gasteiger partial charge in [-0.1, -0.05) is 0 Å². The maximum Gasteiger partial charge on any atom is 0.0898 e. The molecule has 3 heteroatoms. The Balaban J connectivity index is 3.55. The van der Waals surface area contributed by atoms with E-state index in [9.17, 15) is 0 Å². The molecule has 0 heterocycles. The predicted molar refractivity (Wildman–Crippen MR) is 53.0 cm³/mol. The van der Waals surface area contributed by atoms with Crippen LogP contribution in [0.4, 0.5) is 0 Å². The van der Waals surface area contributed by atoms with Gasteiger partial charge in [-0.25, -0.2) is 9.98 Å². The minimum Gasteiger partial charge on any atom is -0.320 e. The molecule has 70 valence electrons. The van der Waals surface area contributed by atoms with E-state index >= 15 is 0 Å². The average molecular weight is 169 g/mol. The first-order valence-corrected chi connectivity index (χ1v) is 4.34. The van der Waals surface area contributed by atoms with Gasteiger partial charge >= 0.3 is 0 Å². The maximum atomic E-state index is 4.12. The monoisotopic (exact) mass is 169 g/mol. The summed E-state index contributed by atoms with van der Waals surface area (Å²) in [6.45, 7) is 7.90. The second-order valence-corrected chi connectivity index (χ2v) is 3.72. The summed E-state index contributed by atoms with van der Waals surface area (Å²) < 4.78 is 0. The second-order valence-electron chi connectivity index (χ2n) is 3.72. The van der Waals surface area contributed by atoms with Crippen molar-refractivity contribution in [2.45, 2.75) is 32.7 Å². The zero-order valence-electron chi connectivity index (χ0n) is 8.52. The summed E-state index contributed by atoms with van der Waals surface area (Å²) in [5, 5.41) is 3.06. The van der Waals surface area contributed by atoms with E-state index in [1.165, 1.54) is 0 Å². The average Bonchev–Trinajstić information content (AvgIpc) is 1.94. The van der Waals surface area contributed by atoms with Gasteiger partial charge in [0.1, 0.15) is 0 Å². The van der Waals surface area contributed by atoms with E-state index in [1.807, 2.05) is 27.8 Å². The Morgan fingerprint density at radius 2 is 2.00 bits per heavy atom. The molecule has 0 spiro atoms. The first-order valence-electron chi connectivity index (χ1n) is 4.34. The largest absolute Gasteiger partial charge is 0.320 e. The number of aliphatic imine (C=N–C) groups is 2. The predicted octanol–water partition coefficient (Wildman–Crippen LogP) is 1.57.